The van der Waals surface area contributed by atoms with E-state index in [0.29, 0.717) is 0 Å². The van der Waals surface area contributed by atoms with E-state index in [1.54, 1.807) is 0 Å². The van der Waals surface area contributed by atoms with Gasteiger partial charge in [0.2, 0.25) is 17.5 Å². The average molecular weight is 418 g/mol. The Morgan fingerprint density at radius 2 is 1.70 bits per heavy atom. The van der Waals surface area contributed by atoms with Crippen LogP contribution in [0.5, 0.6) is 28.7 Å². The van der Waals surface area contributed by atoms with Crippen molar-refractivity contribution in [2.45, 2.75) is 24.9 Å². The van der Waals surface area contributed by atoms with E-state index in [4.69, 9.17) is 13.9 Å². The molecule has 0 amide bonds. The van der Waals surface area contributed by atoms with Gasteiger partial charge in [0.25, 0.3) is 0 Å². The molecule has 0 bridgehead atoms. The second-order valence-electron chi connectivity index (χ2n) is 6.88. The monoisotopic (exact) mass is 418 g/mol. The van der Waals surface area contributed by atoms with Gasteiger partial charge >= 0.3 is 0 Å². The van der Waals surface area contributed by atoms with Gasteiger partial charge in [-0.1, -0.05) is 0 Å². The fourth-order valence-electron chi connectivity index (χ4n) is 3.18. The number of aliphatic hydroxyl groups excluding tert-OH is 2. The predicted octanol–water partition coefficient (Wildman–Crippen LogP) is 1.13. The molecular weight excluding hydrogens is 400 g/mol. The molecule has 0 saturated carbocycles. The van der Waals surface area contributed by atoms with Crippen molar-refractivity contribution in [1.29, 1.82) is 0 Å². The Morgan fingerprint density at radius 3 is 2.40 bits per heavy atom. The molecule has 1 fully saturated rings. The average Bonchev–Trinajstić information content (AvgIpc) is 2.68. The summed E-state index contributed by atoms with van der Waals surface area (Å²) in [6.07, 6.45) is -3.48. The van der Waals surface area contributed by atoms with Crippen LogP contribution in [0.2, 0.25) is 0 Å². The van der Waals surface area contributed by atoms with E-state index in [-0.39, 0.29) is 46.8 Å². The highest BCUT2D eigenvalue weighted by atomic mass is 16.7. The van der Waals surface area contributed by atoms with Crippen molar-refractivity contribution < 1.29 is 44.5 Å². The van der Waals surface area contributed by atoms with Gasteiger partial charge in [0.1, 0.15) is 28.6 Å². The predicted molar refractivity (Wildman–Crippen MR) is 102 cm³/mol. The molecule has 1 aromatic heterocycles. The van der Waals surface area contributed by atoms with Crippen LogP contribution in [0.3, 0.4) is 0 Å². The van der Waals surface area contributed by atoms with E-state index in [2.05, 4.69) is 0 Å². The first kappa shape index (κ1) is 19.8. The zero-order valence-corrected chi connectivity index (χ0v) is 15.3. The molecule has 0 radical (unpaired) electrons. The van der Waals surface area contributed by atoms with Crippen LogP contribution < -0.4 is 10.2 Å². The lowest BCUT2D eigenvalue weighted by Gasteiger charge is -2.30. The standard InChI is InChI=1S/C20H18O10/c21-9-4-13(25)17-15(5-9)29-19(8-1-2-10(22)11(23)3-8)20(18(17)27)30-16-6-12(24)14(26)7-28-16/h1-5,12,14,16,21-26H,6-7H2. The number of ether oxygens (including phenoxy) is 2. The van der Waals surface area contributed by atoms with Crippen molar-refractivity contribution >= 4 is 11.0 Å². The van der Waals surface area contributed by atoms with Gasteiger partial charge in [0.05, 0.1) is 12.7 Å². The van der Waals surface area contributed by atoms with Gasteiger partial charge in [-0.3, -0.25) is 4.79 Å². The third-order valence-electron chi connectivity index (χ3n) is 4.74. The molecule has 158 valence electrons. The minimum absolute atomic E-state index is 0.138. The van der Waals surface area contributed by atoms with Crippen LogP contribution in [-0.4, -0.2) is 55.7 Å². The molecule has 0 aliphatic carbocycles. The highest BCUT2D eigenvalue weighted by molar-refractivity contribution is 5.88. The van der Waals surface area contributed by atoms with Crippen LogP contribution in [-0.2, 0) is 4.74 Å². The summed E-state index contributed by atoms with van der Waals surface area (Å²) < 4.78 is 16.6. The minimum Gasteiger partial charge on any atom is -0.508 e. The summed E-state index contributed by atoms with van der Waals surface area (Å²) in [6, 6.07) is 5.76. The maximum atomic E-state index is 13.1. The Bertz CT molecular complexity index is 1170. The fourth-order valence-corrected chi connectivity index (χ4v) is 3.18. The van der Waals surface area contributed by atoms with Crippen LogP contribution in [0, 0.1) is 0 Å². The van der Waals surface area contributed by atoms with Crippen LogP contribution in [0.4, 0.5) is 0 Å². The fraction of sp³-hybridized carbons (Fsp3) is 0.250. The molecule has 6 N–H and O–H groups in total. The SMILES string of the molecule is O=c1c(OC2CC(O)C(O)CO2)c(-c2ccc(O)c(O)c2)oc2cc(O)cc(O)c12. The van der Waals surface area contributed by atoms with Gasteiger partial charge < -0.3 is 44.5 Å². The number of fused-ring (bicyclic) bond motifs is 1. The van der Waals surface area contributed by atoms with Gasteiger partial charge in [-0.25, -0.2) is 0 Å². The van der Waals surface area contributed by atoms with E-state index in [1.165, 1.54) is 12.1 Å². The van der Waals surface area contributed by atoms with Crippen molar-refractivity contribution in [3.8, 4) is 40.1 Å². The summed E-state index contributed by atoms with van der Waals surface area (Å²) in [7, 11) is 0. The topological polar surface area (TPSA) is 170 Å². The molecule has 4 rings (SSSR count). The highest BCUT2D eigenvalue weighted by Gasteiger charge is 2.32. The normalized spacial score (nSPS) is 21.6. The van der Waals surface area contributed by atoms with E-state index in [0.717, 1.165) is 18.2 Å². The lowest BCUT2D eigenvalue weighted by Crippen LogP contribution is -2.43. The quantitative estimate of drug-likeness (QED) is 0.339. The van der Waals surface area contributed by atoms with Crippen LogP contribution in [0.15, 0.2) is 39.5 Å². The Labute approximate surface area is 168 Å². The smallest absolute Gasteiger partial charge is 0.239 e. The van der Waals surface area contributed by atoms with Crippen LogP contribution >= 0.6 is 0 Å². The molecular formula is C20H18O10. The van der Waals surface area contributed by atoms with Crippen LogP contribution in [0.1, 0.15) is 6.42 Å². The summed E-state index contributed by atoms with van der Waals surface area (Å²) in [5.74, 6) is -2.31. The van der Waals surface area contributed by atoms with Gasteiger partial charge in [0.15, 0.2) is 17.3 Å². The molecule has 30 heavy (non-hydrogen) atoms. The molecule has 3 aromatic rings. The Morgan fingerprint density at radius 1 is 0.933 bits per heavy atom. The van der Waals surface area contributed by atoms with E-state index >= 15 is 0 Å². The van der Waals surface area contributed by atoms with Gasteiger partial charge in [-0.2, -0.15) is 0 Å². The van der Waals surface area contributed by atoms with Crippen molar-refractivity contribution in [3.05, 3.63) is 40.6 Å². The number of hydrogen-bond donors (Lipinski definition) is 6. The van der Waals surface area contributed by atoms with Gasteiger partial charge in [-0.05, 0) is 18.2 Å². The minimum atomic E-state index is -1.14. The first-order valence-electron chi connectivity index (χ1n) is 8.94. The Kier molecular flexibility index (Phi) is 4.90. The number of rotatable bonds is 3. The van der Waals surface area contributed by atoms with E-state index < -0.39 is 41.2 Å². The van der Waals surface area contributed by atoms with Crippen molar-refractivity contribution in [1.82, 2.24) is 0 Å². The van der Waals surface area contributed by atoms with Crippen molar-refractivity contribution in [3.63, 3.8) is 0 Å². The highest BCUT2D eigenvalue weighted by Crippen LogP contribution is 2.39. The second kappa shape index (κ2) is 7.41. The number of aliphatic hydroxyl groups is 2. The summed E-state index contributed by atoms with van der Waals surface area (Å²) in [4.78, 5) is 13.1. The van der Waals surface area contributed by atoms with Crippen molar-refractivity contribution in [2.24, 2.45) is 0 Å². The number of aromatic hydroxyl groups is 4. The third-order valence-corrected chi connectivity index (χ3v) is 4.74. The number of hydrogen-bond acceptors (Lipinski definition) is 10. The molecule has 10 heteroatoms. The number of phenolic OH excluding ortho intramolecular Hbond substituents is 4. The second-order valence-corrected chi connectivity index (χ2v) is 6.88. The zero-order valence-electron chi connectivity index (χ0n) is 15.3. The molecule has 3 atom stereocenters. The van der Waals surface area contributed by atoms with E-state index in [9.17, 15) is 35.4 Å². The largest absolute Gasteiger partial charge is 0.508 e. The van der Waals surface area contributed by atoms with Crippen molar-refractivity contribution in [2.75, 3.05) is 6.61 Å². The number of phenols is 4. The maximum absolute atomic E-state index is 13.1. The molecule has 0 spiro atoms. The molecule has 2 aromatic carbocycles. The van der Waals surface area contributed by atoms with E-state index in [1.807, 2.05) is 0 Å². The maximum Gasteiger partial charge on any atom is 0.239 e. The molecule has 3 unspecified atom stereocenters. The summed E-state index contributed by atoms with van der Waals surface area (Å²) in [6.45, 7) is -0.223. The Balaban J connectivity index is 1.90. The molecule has 10 nitrogen and oxygen atoms in total. The Hall–Kier alpha value is -3.47. The zero-order chi connectivity index (χ0) is 21.6. The molecule has 1 aliphatic rings. The van der Waals surface area contributed by atoms with Gasteiger partial charge in [0, 0.05) is 24.1 Å². The first-order chi connectivity index (χ1) is 14.2. The summed E-state index contributed by atoms with van der Waals surface area (Å²) in [5.41, 5.74) is -0.786. The molecule has 1 aliphatic heterocycles. The number of benzene rings is 2. The molecule has 1 saturated heterocycles. The lowest BCUT2D eigenvalue weighted by molar-refractivity contribution is -0.182. The first-order valence-corrected chi connectivity index (χ1v) is 8.94. The summed E-state index contributed by atoms with van der Waals surface area (Å²) in [5, 5.41) is 58.4. The molecule has 2 heterocycles. The lowest BCUT2D eigenvalue weighted by atomic mass is 10.1. The third kappa shape index (κ3) is 3.47. The van der Waals surface area contributed by atoms with Gasteiger partial charge in [-0.15, -0.1) is 0 Å². The van der Waals surface area contributed by atoms with Crippen LogP contribution in [0.25, 0.3) is 22.3 Å². The summed E-state index contributed by atoms with van der Waals surface area (Å²) >= 11 is 0.